The summed E-state index contributed by atoms with van der Waals surface area (Å²) < 4.78 is 32.7. The number of hydrogen-bond donors (Lipinski definition) is 1. The Balaban J connectivity index is 1.65. The van der Waals surface area contributed by atoms with Crippen LogP contribution in [0.25, 0.3) is 0 Å². The zero-order valence-corrected chi connectivity index (χ0v) is 18.4. The van der Waals surface area contributed by atoms with E-state index in [0.717, 1.165) is 16.5 Å². The summed E-state index contributed by atoms with van der Waals surface area (Å²) in [6.45, 7) is 2.68. The number of benzene rings is 3. The first kappa shape index (κ1) is 22.4. The molecule has 0 fully saturated rings. The molecule has 6 nitrogen and oxygen atoms in total. The number of nitrogens with one attached hydrogen (secondary N) is 1. The summed E-state index contributed by atoms with van der Waals surface area (Å²) in [5, 5.41) is 2.79. The van der Waals surface area contributed by atoms with Gasteiger partial charge < -0.3 is 10.1 Å². The fraction of sp³-hybridized carbons (Fsp3) is 0.208. The number of ether oxygens (including phenoxy) is 1. The van der Waals surface area contributed by atoms with Gasteiger partial charge in [-0.05, 0) is 48.4 Å². The maximum Gasteiger partial charge on any atom is 0.264 e. The van der Waals surface area contributed by atoms with Crippen LogP contribution in [0, 0.1) is 0 Å². The number of carbonyl (C=O) groups excluding carboxylic acids is 1. The molecule has 162 valence electrons. The molecule has 0 saturated heterocycles. The number of aryl methyl sites for hydroxylation is 1. The Kier molecular flexibility index (Phi) is 7.31. The van der Waals surface area contributed by atoms with Gasteiger partial charge in [-0.3, -0.25) is 9.10 Å². The molecule has 0 radical (unpaired) electrons. The van der Waals surface area contributed by atoms with Crippen molar-refractivity contribution in [3.63, 3.8) is 0 Å². The Bertz CT molecular complexity index is 1110. The minimum Gasteiger partial charge on any atom is -0.492 e. The number of rotatable bonds is 9. The largest absolute Gasteiger partial charge is 0.492 e. The smallest absolute Gasteiger partial charge is 0.264 e. The van der Waals surface area contributed by atoms with Gasteiger partial charge in [-0.2, -0.15) is 0 Å². The lowest BCUT2D eigenvalue weighted by atomic mass is 10.1. The van der Waals surface area contributed by atoms with E-state index >= 15 is 0 Å². The number of hydrogen-bond acceptors (Lipinski definition) is 4. The lowest BCUT2D eigenvalue weighted by Crippen LogP contribution is -2.32. The van der Waals surface area contributed by atoms with E-state index in [9.17, 15) is 13.2 Å². The van der Waals surface area contributed by atoms with Crippen LogP contribution >= 0.6 is 0 Å². The maximum absolute atomic E-state index is 12.9. The highest BCUT2D eigenvalue weighted by molar-refractivity contribution is 7.92. The maximum atomic E-state index is 12.9. The number of para-hydroxylation sites is 1. The zero-order chi connectivity index (χ0) is 22.3. The van der Waals surface area contributed by atoms with Crippen molar-refractivity contribution in [1.82, 2.24) is 5.32 Å². The van der Waals surface area contributed by atoms with Gasteiger partial charge in [0.15, 0.2) is 0 Å². The van der Waals surface area contributed by atoms with E-state index in [0.29, 0.717) is 12.3 Å². The Hall–Kier alpha value is -3.32. The van der Waals surface area contributed by atoms with Crippen LogP contribution in [-0.2, 0) is 16.4 Å². The van der Waals surface area contributed by atoms with E-state index in [1.165, 1.54) is 24.7 Å². The van der Waals surface area contributed by atoms with Crippen molar-refractivity contribution in [2.75, 3.05) is 24.5 Å². The van der Waals surface area contributed by atoms with Gasteiger partial charge in [-0.25, -0.2) is 8.42 Å². The van der Waals surface area contributed by atoms with Gasteiger partial charge in [0.05, 0.1) is 22.7 Å². The quantitative estimate of drug-likeness (QED) is 0.515. The highest BCUT2D eigenvalue weighted by atomic mass is 32.2. The molecule has 0 aliphatic heterocycles. The molecule has 0 saturated carbocycles. The van der Waals surface area contributed by atoms with Gasteiger partial charge in [0.2, 0.25) is 0 Å². The fourth-order valence-electron chi connectivity index (χ4n) is 3.07. The molecule has 3 aromatic rings. The molecule has 0 atom stereocenters. The van der Waals surface area contributed by atoms with Crippen LogP contribution < -0.4 is 14.4 Å². The summed E-state index contributed by atoms with van der Waals surface area (Å²) in [5.74, 6) is 0.371. The zero-order valence-electron chi connectivity index (χ0n) is 17.6. The number of sulfonamides is 1. The van der Waals surface area contributed by atoms with Crippen molar-refractivity contribution in [3.05, 3.63) is 90.0 Å². The molecule has 1 N–H and O–H groups in total. The minimum absolute atomic E-state index is 0.162. The van der Waals surface area contributed by atoms with Crippen LogP contribution in [0.15, 0.2) is 83.8 Å². The lowest BCUT2D eigenvalue weighted by Gasteiger charge is -2.22. The Labute approximate surface area is 183 Å². The molecule has 0 aliphatic rings. The summed E-state index contributed by atoms with van der Waals surface area (Å²) in [6.07, 6.45) is 0.962. The van der Waals surface area contributed by atoms with Crippen LogP contribution in [0.5, 0.6) is 5.75 Å². The molecule has 3 aromatic carbocycles. The van der Waals surface area contributed by atoms with E-state index in [4.69, 9.17) is 4.74 Å². The van der Waals surface area contributed by atoms with E-state index in [2.05, 4.69) is 12.2 Å². The molecule has 0 heterocycles. The molecule has 0 spiro atoms. The first-order chi connectivity index (χ1) is 14.9. The summed E-state index contributed by atoms with van der Waals surface area (Å²) in [7, 11) is -2.34. The average Bonchev–Trinajstić information content (AvgIpc) is 2.82. The van der Waals surface area contributed by atoms with Gasteiger partial charge in [-0.1, -0.05) is 49.4 Å². The molecule has 3 rings (SSSR count). The van der Waals surface area contributed by atoms with Gasteiger partial charge in [0.1, 0.15) is 12.4 Å². The SMILES string of the molecule is CCc1ccc(OCCNC(=O)c2ccccc2N(C)S(=O)(=O)c2ccccc2)cc1. The molecule has 0 aromatic heterocycles. The monoisotopic (exact) mass is 438 g/mol. The van der Waals surface area contributed by atoms with Crippen LogP contribution in [0.3, 0.4) is 0 Å². The first-order valence-electron chi connectivity index (χ1n) is 10.1. The third kappa shape index (κ3) is 5.44. The van der Waals surface area contributed by atoms with Crippen molar-refractivity contribution in [1.29, 1.82) is 0 Å². The van der Waals surface area contributed by atoms with Crippen LogP contribution in [0.4, 0.5) is 5.69 Å². The third-order valence-electron chi connectivity index (χ3n) is 4.88. The number of nitrogens with zero attached hydrogens (tertiary/aromatic N) is 1. The Morgan fingerprint density at radius 2 is 1.58 bits per heavy atom. The highest BCUT2D eigenvalue weighted by Gasteiger charge is 2.24. The molecule has 7 heteroatoms. The number of carbonyl (C=O) groups is 1. The van der Waals surface area contributed by atoms with E-state index in [-0.39, 0.29) is 22.9 Å². The second-order valence-corrected chi connectivity index (χ2v) is 8.87. The second kappa shape index (κ2) is 10.1. The first-order valence-corrected chi connectivity index (χ1v) is 11.5. The Morgan fingerprint density at radius 1 is 0.935 bits per heavy atom. The molecule has 1 amide bonds. The van der Waals surface area contributed by atoms with Crippen molar-refractivity contribution in [2.45, 2.75) is 18.2 Å². The topological polar surface area (TPSA) is 75.7 Å². The molecular weight excluding hydrogens is 412 g/mol. The van der Waals surface area contributed by atoms with E-state index < -0.39 is 10.0 Å². The molecule has 31 heavy (non-hydrogen) atoms. The number of anilines is 1. The normalized spacial score (nSPS) is 11.0. The Morgan fingerprint density at radius 3 is 2.26 bits per heavy atom. The highest BCUT2D eigenvalue weighted by Crippen LogP contribution is 2.25. The van der Waals surface area contributed by atoms with Gasteiger partial charge >= 0.3 is 0 Å². The van der Waals surface area contributed by atoms with Crippen molar-refractivity contribution >= 4 is 21.6 Å². The predicted octanol–water partition coefficient (Wildman–Crippen LogP) is 3.88. The summed E-state index contributed by atoms with van der Waals surface area (Å²) in [5.41, 5.74) is 1.81. The fourth-order valence-corrected chi connectivity index (χ4v) is 4.31. The number of amides is 1. The second-order valence-electron chi connectivity index (χ2n) is 6.90. The van der Waals surface area contributed by atoms with Crippen LogP contribution in [0.1, 0.15) is 22.8 Å². The van der Waals surface area contributed by atoms with Crippen molar-refractivity contribution in [3.8, 4) is 5.75 Å². The summed E-state index contributed by atoms with van der Waals surface area (Å²) >= 11 is 0. The minimum atomic E-state index is -3.79. The molecule has 0 bridgehead atoms. The van der Waals surface area contributed by atoms with Gasteiger partial charge in [0.25, 0.3) is 15.9 Å². The molecule has 0 unspecified atom stereocenters. The average molecular weight is 439 g/mol. The molecular formula is C24H26N2O4S. The summed E-state index contributed by atoms with van der Waals surface area (Å²) in [4.78, 5) is 12.9. The van der Waals surface area contributed by atoms with Gasteiger partial charge in [-0.15, -0.1) is 0 Å². The van der Waals surface area contributed by atoms with E-state index in [1.54, 1.807) is 42.5 Å². The van der Waals surface area contributed by atoms with Crippen LogP contribution in [0.2, 0.25) is 0 Å². The molecule has 0 aliphatic carbocycles. The summed E-state index contributed by atoms with van der Waals surface area (Å²) in [6, 6.07) is 22.6. The third-order valence-corrected chi connectivity index (χ3v) is 6.66. The lowest BCUT2D eigenvalue weighted by molar-refractivity contribution is 0.0947. The van der Waals surface area contributed by atoms with E-state index in [1.807, 2.05) is 24.3 Å². The van der Waals surface area contributed by atoms with Crippen molar-refractivity contribution in [2.24, 2.45) is 0 Å². The van der Waals surface area contributed by atoms with Crippen molar-refractivity contribution < 1.29 is 17.9 Å². The predicted molar refractivity (Wildman–Crippen MR) is 122 cm³/mol. The van der Waals surface area contributed by atoms with Crippen LogP contribution in [-0.4, -0.2) is 34.5 Å². The standard InChI is InChI=1S/C24H26N2O4S/c1-3-19-13-15-20(16-14-19)30-18-17-25-24(27)22-11-7-8-12-23(22)26(2)31(28,29)21-9-5-4-6-10-21/h4-16H,3,17-18H2,1-2H3,(H,25,27). The van der Waals surface area contributed by atoms with Gasteiger partial charge in [0, 0.05) is 7.05 Å².